The van der Waals surface area contributed by atoms with Gasteiger partial charge in [0.25, 0.3) is 12.1 Å². The summed E-state index contributed by atoms with van der Waals surface area (Å²) in [4.78, 5) is 20.3. The van der Waals surface area contributed by atoms with E-state index in [1.165, 1.54) is 29.1 Å². The van der Waals surface area contributed by atoms with Crippen molar-refractivity contribution >= 4 is 13.5 Å². The highest BCUT2D eigenvalue weighted by Crippen LogP contribution is 2.42. The van der Waals surface area contributed by atoms with Gasteiger partial charge in [-0.25, -0.2) is 0 Å². The van der Waals surface area contributed by atoms with E-state index in [1.807, 2.05) is 0 Å². The van der Waals surface area contributed by atoms with Crippen molar-refractivity contribution in [3.63, 3.8) is 0 Å². The number of primary amides is 1. The number of carbonyl (C=O) groups is 1. The molecule has 21 heavy (non-hydrogen) atoms. The fourth-order valence-corrected chi connectivity index (χ4v) is 2.51. The van der Waals surface area contributed by atoms with Gasteiger partial charge in [-0.15, -0.1) is 0 Å². The molecule has 1 aliphatic rings. The number of hydrogen-bond acceptors (Lipinski definition) is 6. The van der Waals surface area contributed by atoms with Crippen molar-refractivity contribution in [3.8, 4) is 0 Å². The molecular weight excluding hydrogens is 303 g/mol. The zero-order valence-corrected chi connectivity index (χ0v) is 12.0. The SMILES string of the molecule is CP(=O)(O)O[C@H]1O[C@@H]([n+]2cccc(C(N)=O)c2)[C@H](O)[C@@H]1O. The van der Waals surface area contributed by atoms with E-state index in [2.05, 4.69) is 4.52 Å². The minimum Gasteiger partial charge on any atom is -0.385 e. The van der Waals surface area contributed by atoms with Crippen LogP contribution in [0.25, 0.3) is 0 Å². The smallest absolute Gasteiger partial charge is 0.327 e. The number of amides is 1. The van der Waals surface area contributed by atoms with Gasteiger partial charge in [0.2, 0.25) is 6.29 Å². The molecule has 1 aromatic heterocycles. The van der Waals surface area contributed by atoms with E-state index in [0.717, 1.165) is 6.66 Å². The van der Waals surface area contributed by atoms with E-state index in [4.69, 9.17) is 15.4 Å². The second-order valence-electron chi connectivity index (χ2n) is 4.69. The van der Waals surface area contributed by atoms with Gasteiger partial charge in [0, 0.05) is 12.7 Å². The van der Waals surface area contributed by atoms with Gasteiger partial charge >= 0.3 is 7.60 Å². The number of carbonyl (C=O) groups excluding carboxylic acids is 1. The zero-order chi connectivity index (χ0) is 15.8. The Labute approximate surface area is 120 Å². The lowest BCUT2D eigenvalue weighted by molar-refractivity contribution is -0.767. The van der Waals surface area contributed by atoms with Crippen molar-refractivity contribution in [2.45, 2.75) is 24.7 Å². The van der Waals surface area contributed by atoms with Crippen LogP contribution in [0.5, 0.6) is 0 Å². The molecule has 1 aromatic rings. The van der Waals surface area contributed by atoms with E-state index >= 15 is 0 Å². The highest BCUT2D eigenvalue weighted by molar-refractivity contribution is 7.51. The Morgan fingerprint density at radius 2 is 2.14 bits per heavy atom. The number of hydrogen-bond donors (Lipinski definition) is 4. The maximum Gasteiger partial charge on any atom is 0.327 e. The summed E-state index contributed by atoms with van der Waals surface area (Å²) in [6.45, 7) is 0.934. The van der Waals surface area contributed by atoms with Gasteiger partial charge in [-0.3, -0.25) is 18.6 Å². The lowest BCUT2D eigenvalue weighted by atomic mass is 10.2. The molecule has 0 spiro atoms. The maximum atomic E-state index is 11.2. The number of aromatic nitrogens is 1. The van der Waals surface area contributed by atoms with Crippen LogP contribution in [-0.4, -0.2) is 46.2 Å². The van der Waals surface area contributed by atoms with Crippen LogP contribution in [0.3, 0.4) is 0 Å². The molecule has 0 aliphatic carbocycles. The van der Waals surface area contributed by atoms with E-state index in [9.17, 15) is 19.6 Å². The average Bonchev–Trinajstić information content (AvgIpc) is 2.65. The van der Waals surface area contributed by atoms with Gasteiger partial charge in [0.05, 0.1) is 0 Å². The fraction of sp³-hybridized carbons (Fsp3) is 0.455. The molecule has 0 bridgehead atoms. The molecule has 1 unspecified atom stereocenters. The first-order chi connectivity index (χ1) is 9.69. The minimum absolute atomic E-state index is 0.176. The Morgan fingerprint density at radius 3 is 2.71 bits per heavy atom. The molecule has 10 heteroatoms. The molecule has 2 heterocycles. The number of rotatable bonds is 4. The van der Waals surface area contributed by atoms with Gasteiger partial charge in [0.1, 0.15) is 11.7 Å². The summed E-state index contributed by atoms with van der Waals surface area (Å²) >= 11 is 0. The monoisotopic (exact) mass is 319 g/mol. The summed E-state index contributed by atoms with van der Waals surface area (Å²) in [5.41, 5.74) is 5.33. The molecule has 5 atom stereocenters. The van der Waals surface area contributed by atoms with E-state index in [-0.39, 0.29) is 5.56 Å². The van der Waals surface area contributed by atoms with Crippen LogP contribution in [0, 0.1) is 0 Å². The van der Waals surface area contributed by atoms with Crippen molar-refractivity contribution in [3.05, 3.63) is 30.1 Å². The highest BCUT2D eigenvalue weighted by Gasteiger charge is 2.50. The molecule has 5 N–H and O–H groups in total. The molecule has 1 amide bonds. The van der Waals surface area contributed by atoms with E-state index in [0.29, 0.717) is 0 Å². The van der Waals surface area contributed by atoms with Gasteiger partial charge in [0.15, 0.2) is 18.5 Å². The number of aliphatic hydroxyl groups excluding tert-OH is 2. The number of ether oxygens (including phenoxy) is 1. The molecule has 2 rings (SSSR count). The van der Waals surface area contributed by atoms with Crippen molar-refractivity contribution in [1.82, 2.24) is 0 Å². The predicted molar refractivity (Wildman–Crippen MR) is 67.9 cm³/mol. The van der Waals surface area contributed by atoms with Crippen LogP contribution < -0.4 is 10.3 Å². The van der Waals surface area contributed by atoms with Crippen LogP contribution >= 0.6 is 7.60 Å². The van der Waals surface area contributed by atoms with Crippen LogP contribution in [0.15, 0.2) is 24.5 Å². The first kappa shape index (κ1) is 16.0. The predicted octanol–water partition coefficient (Wildman–Crippen LogP) is -1.52. The largest absolute Gasteiger partial charge is 0.385 e. The second-order valence-corrected chi connectivity index (χ2v) is 6.51. The minimum atomic E-state index is -3.90. The third-order valence-corrected chi connectivity index (χ3v) is 3.49. The summed E-state index contributed by atoms with van der Waals surface area (Å²) in [5, 5.41) is 19.7. The molecule has 0 radical (unpaired) electrons. The number of pyridine rings is 1. The molecule has 0 saturated carbocycles. The number of aliphatic hydroxyl groups is 2. The van der Waals surface area contributed by atoms with Gasteiger partial charge in [-0.1, -0.05) is 0 Å². The Balaban J connectivity index is 2.23. The van der Waals surface area contributed by atoms with Crippen molar-refractivity contribution < 1.29 is 38.3 Å². The molecule has 0 aromatic carbocycles. The summed E-state index contributed by atoms with van der Waals surface area (Å²) < 4.78 is 22.4. The second kappa shape index (κ2) is 5.80. The standard InChI is InChI=1S/C11H15N2O7P/c1-21(17,18)20-11-8(15)7(14)10(19-11)13-4-2-3-6(5-13)9(12)16/h2-5,7-8,10-11,14-15H,1H3,(H2-,12,16,17,18)/p+1/t7-,8+,10-,11-/m1/s1. The van der Waals surface area contributed by atoms with Crippen LogP contribution in [-0.2, 0) is 13.8 Å². The summed E-state index contributed by atoms with van der Waals surface area (Å²) in [6, 6.07) is 2.98. The Bertz CT molecular complexity index is 590. The van der Waals surface area contributed by atoms with E-state index in [1.54, 1.807) is 0 Å². The van der Waals surface area contributed by atoms with Crippen molar-refractivity contribution in [2.75, 3.05) is 6.66 Å². The third kappa shape index (κ3) is 3.65. The summed E-state index contributed by atoms with van der Waals surface area (Å²) in [5.74, 6) is -0.668. The van der Waals surface area contributed by atoms with Gasteiger partial charge in [-0.2, -0.15) is 4.57 Å². The van der Waals surface area contributed by atoms with Gasteiger partial charge < -0.3 is 20.8 Å². The Morgan fingerprint density at radius 1 is 1.48 bits per heavy atom. The first-order valence-electron chi connectivity index (χ1n) is 6.00. The lowest BCUT2D eigenvalue weighted by Crippen LogP contribution is -2.46. The van der Waals surface area contributed by atoms with E-state index < -0.39 is 38.2 Å². The summed E-state index contributed by atoms with van der Waals surface area (Å²) in [6.07, 6.45) is -2.66. The van der Waals surface area contributed by atoms with Crippen LogP contribution in [0.2, 0.25) is 0 Å². The number of nitrogens with two attached hydrogens (primary N) is 1. The van der Waals surface area contributed by atoms with Crippen molar-refractivity contribution in [1.29, 1.82) is 0 Å². The zero-order valence-electron chi connectivity index (χ0n) is 11.1. The first-order valence-corrected chi connectivity index (χ1v) is 8.02. The molecule has 1 aliphatic heterocycles. The van der Waals surface area contributed by atoms with Crippen LogP contribution in [0.4, 0.5) is 0 Å². The highest BCUT2D eigenvalue weighted by atomic mass is 31.2. The number of nitrogens with zero attached hydrogens (tertiary/aromatic N) is 1. The molecular formula is C11H16N2O7P+. The average molecular weight is 319 g/mol. The topological polar surface area (TPSA) is 143 Å². The third-order valence-electron chi connectivity index (χ3n) is 2.89. The van der Waals surface area contributed by atoms with Crippen molar-refractivity contribution in [2.24, 2.45) is 5.73 Å². The quantitative estimate of drug-likeness (QED) is 0.390. The Hall–Kier alpha value is -1.35. The normalized spacial score (nSPS) is 31.8. The molecule has 116 valence electrons. The molecule has 9 nitrogen and oxygen atoms in total. The van der Waals surface area contributed by atoms with Gasteiger partial charge in [-0.05, 0) is 6.07 Å². The lowest BCUT2D eigenvalue weighted by Gasteiger charge is -2.15. The molecule has 1 saturated heterocycles. The molecule has 1 fully saturated rings. The Kier molecular flexibility index (Phi) is 4.43. The van der Waals surface area contributed by atoms with Crippen LogP contribution in [0.1, 0.15) is 16.6 Å². The summed E-state index contributed by atoms with van der Waals surface area (Å²) in [7, 11) is -3.90. The fourth-order valence-electron chi connectivity index (χ4n) is 1.95. The maximum absolute atomic E-state index is 11.2.